The first-order valence-corrected chi connectivity index (χ1v) is 3.68. The zero-order chi connectivity index (χ0) is 8.32. The Morgan fingerprint density at radius 1 is 1.82 bits per heavy atom. The van der Waals surface area contributed by atoms with Crippen LogP contribution in [0.2, 0.25) is 0 Å². The Labute approximate surface area is 66.0 Å². The van der Waals surface area contributed by atoms with Crippen LogP contribution in [-0.2, 0) is 14.3 Å². The lowest BCUT2D eigenvalue weighted by Gasteiger charge is -2.18. The highest BCUT2D eigenvalue weighted by atomic mass is 16.6. The van der Waals surface area contributed by atoms with Gasteiger partial charge in [-0.2, -0.15) is 0 Å². The van der Waals surface area contributed by atoms with Gasteiger partial charge in [-0.3, -0.25) is 0 Å². The second kappa shape index (κ2) is 3.05. The van der Waals surface area contributed by atoms with Crippen LogP contribution in [0.5, 0.6) is 0 Å². The lowest BCUT2D eigenvalue weighted by atomic mass is 10.1. The van der Waals surface area contributed by atoms with E-state index in [0.717, 1.165) is 0 Å². The van der Waals surface area contributed by atoms with Crippen LogP contribution in [-0.4, -0.2) is 24.8 Å². The molecule has 1 rings (SSSR count). The van der Waals surface area contributed by atoms with Gasteiger partial charge in [-0.05, 0) is 19.9 Å². The maximum atomic E-state index is 11.2. The molecular formula is C8H12O3. The largest absolute Gasteiger partial charge is 0.464 e. The molecule has 0 saturated carbocycles. The molecule has 1 aliphatic rings. The fourth-order valence-electron chi connectivity index (χ4n) is 0.944. The summed E-state index contributed by atoms with van der Waals surface area (Å²) in [6.45, 7) is 4.37. The molecule has 11 heavy (non-hydrogen) atoms. The third-order valence-electron chi connectivity index (χ3n) is 1.60. The number of carbonyl (C=O) groups is 1. The predicted octanol–water partition coefficient (Wildman–Crippen LogP) is 0.895. The Morgan fingerprint density at radius 3 is 3.00 bits per heavy atom. The maximum absolute atomic E-state index is 11.2. The highest BCUT2D eigenvalue weighted by Gasteiger charge is 2.35. The van der Waals surface area contributed by atoms with Gasteiger partial charge in [-0.1, -0.05) is 6.08 Å². The van der Waals surface area contributed by atoms with E-state index < -0.39 is 5.60 Å². The first-order chi connectivity index (χ1) is 5.19. The molecule has 0 aromatic heterocycles. The van der Waals surface area contributed by atoms with Gasteiger partial charge in [-0.25, -0.2) is 4.79 Å². The van der Waals surface area contributed by atoms with Gasteiger partial charge in [0, 0.05) is 0 Å². The van der Waals surface area contributed by atoms with Gasteiger partial charge in [0.2, 0.25) is 0 Å². The summed E-state index contributed by atoms with van der Waals surface area (Å²) in [5.41, 5.74) is -0.837. The number of ether oxygens (including phenoxy) is 2. The SMILES string of the molecule is CCOC(=O)C1(C)C=CCO1. The fourth-order valence-corrected chi connectivity index (χ4v) is 0.944. The van der Waals surface area contributed by atoms with Gasteiger partial charge in [0.25, 0.3) is 0 Å². The molecule has 0 amide bonds. The third-order valence-corrected chi connectivity index (χ3v) is 1.60. The molecule has 1 unspecified atom stereocenters. The molecule has 62 valence electrons. The second-order valence-electron chi connectivity index (χ2n) is 2.54. The molecule has 0 bridgehead atoms. The lowest BCUT2D eigenvalue weighted by molar-refractivity contribution is -0.161. The van der Waals surface area contributed by atoms with Crippen LogP contribution in [0.25, 0.3) is 0 Å². The van der Waals surface area contributed by atoms with Gasteiger partial charge in [0.05, 0.1) is 13.2 Å². The summed E-state index contributed by atoms with van der Waals surface area (Å²) in [5, 5.41) is 0. The van der Waals surface area contributed by atoms with Crippen molar-refractivity contribution in [1.29, 1.82) is 0 Å². The van der Waals surface area contributed by atoms with E-state index in [0.29, 0.717) is 13.2 Å². The van der Waals surface area contributed by atoms with Crippen molar-refractivity contribution in [1.82, 2.24) is 0 Å². The van der Waals surface area contributed by atoms with E-state index in [-0.39, 0.29) is 5.97 Å². The van der Waals surface area contributed by atoms with Crippen LogP contribution >= 0.6 is 0 Å². The Kier molecular flexibility index (Phi) is 2.29. The molecule has 0 aromatic carbocycles. The van der Waals surface area contributed by atoms with E-state index in [1.54, 1.807) is 19.9 Å². The summed E-state index contributed by atoms with van der Waals surface area (Å²) < 4.78 is 9.98. The summed E-state index contributed by atoms with van der Waals surface area (Å²) in [5.74, 6) is -0.311. The molecule has 0 radical (unpaired) electrons. The van der Waals surface area contributed by atoms with Crippen LogP contribution in [0.15, 0.2) is 12.2 Å². The van der Waals surface area contributed by atoms with Crippen molar-refractivity contribution in [2.45, 2.75) is 19.4 Å². The second-order valence-corrected chi connectivity index (χ2v) is 2.54. The molecule has 3 heteroatoms. The standard InChI is InChI=1S/C8H12O3/c1-3-10-7(9)8(2)5-4-6-11-8/h4-5H,3,6H2,1-2H3. The Morgan fingerprint density at radius 2 is 2.55 bits per heavy atom. The Balaban J connectivity index is 2.57. The van der Waals surface area contributed by atoms with Crippen molar-refractivity contribution >= 4 is 5.97 Å². The minimum atomic E-state index is -0.837. The average Bonchev–Trinajstić information content (AvgIpc) is 2.38. The normalized spacial score (nSPS) is 28.9. The van der Waals surface area contributed by atoms with Crippen LogP contribution in [0.4, 0.5) is 0 Å². The highest BCUT2D eigenvalue weighted by molar-refractivity contribution is 5.82. The van der Waals surface area contributed by atoms with Crippen LogP contribution in [0.3, 0.4) is 0 Å². The molecule has 1 heterocycles. The van der Waals surface area contributed by atoms with Gasteiger partial charge in [0.15, 0.2) is 5.60 Å². The first kappa shape index (κ1) is 8.27. The molecule has 0 fully saturated rings. The molecule has 0 aliphatic carbocycles. The van der Waals surface area contributed by atoms with E-state index >= 15 is 0 Å². The monoisotopic (exact) mass is 156 g/mol. The number of carbonyl (C=O) groups excluding carboxylic acids is 1. The summed E-state index contributed by atoms with van der Waals surface area (Å²) in [6.07, 6.45) is 3.54. The van der Waals surface area contributed by atoms with Gasteiger partial charge < -0.3 is 9.47 Å². The maximum Gasteiger partial charge on any atom is 0.342 e. The highest BCUT2D eigenvalue weighted by Crippen LogP contribution is 2.19. The summed E-state index contributed by atoms with van der Waals surface area (Å²) in [6, 6.07) is 0. The van der Waals surface area contributed by atoms with Crippen LogP contribution in [0.1, 0.15) is 13.8 Å². The molecule has 1 aliphatic heterocycles. The zero-order valence-electron chi connectivity index (χ0n) is 6.79. The molecule has 1 atom stereocenters. The summed E-state index contributed by atoms with van der Waals surface area (Å²) in [4.78, 5) is 11.2. The molecule has 0 spiro atoms. The summed E-state index contributed by atoms with van der Waals surface area (Å²) >= 11 is 0. The number of esters is 1. The van der Waals surface area contributed by atoms with Crippen LogP contribution < -0.4 is 0 Å². The third kappa shape index (κ3) is 1.60. The number of hydrogen-bond donors (Lipinski definition) is 0. The van der Waals surface area contributed by atoms with Crippen molar-refractivity contribution in [2.24, 2.45) is 0 Å². The fraction of sp³-hybridized carbons (Fsp3) is 0.625. The topological polar surface area (TPSA) is 35.5 Å². The molecule has 0 saturated heterocycles. The quantitative estimate of drug-likeness (QED) is 0.440. The van der Waals surface area contributed by atoms with E-state index in [1.807, 2.05) is 6.08 Å². The molecule has 0 N–H and O–H groups in total. The van der Waals surface area contributed by atoms with Gasteiger partial charge in [0.1, 0.15) is 0 Å². The number of rotatable bonds is 2. The van der Waals surface area contributed by atoms with E-state index in [2.05, 4.69) is 0 Å². The van der Waals surface area contributed by atoms with Crippen molar-refractivity contribution in [3.05, 3.63) is 12.2 Å². The van der Waals surface area contributed by atoms with E-state index in [1.165, 1.54) is 0 Å². The van der Waals surface area contributed by atoms with Crippen molar-refractivity contribution in [3.8, 4) is 0 Å². The van der Waals surface area contributed by atoms with Crippen LogP contribution in [0, 0.1) is 0 Å². The smallest absolute Gasteiger partial charge is 0.342 e. The van der Waals surface area contributed by atoms with Crippen molar-refractivity contribution < 1.29 is 14.3 Å². The molecule has 3 nitrogen and oxygen atoms in total. The van der Waals surface area contributed by atoms with Crippen molar-refractivity contribution in [3.63, 3.8) is 0 Å². The minimum Gasteiger partial charge on any atom is -0.464 e. The van der Waals surface area contributed by atoms with Gasteiger partial charge in [-0.15, -0.1) is 0 Å². The zero-order valence-corrected chi connectivity index (χ0v) is 6.79. The molecular weight excluding hydrogens is 144 g/mol. The minimum absolute atomic E-state index is 0.311. The summed E-state index contributed by atoms with van der Waals surface area (Å²) in [7, 11) is 0. The van der Waals surface area contributed by atoms with Gasteiger partial charge >= 0.3 is 5.97 Å². The Hall–Kier alpha value is -0.830. The number of hydrogen-bond acceptors (Lipinski definition) is 3. The molecule has 0 aromatic rings. The predicted molar refractivity (Wildman–Crippen MR) is 40.1 cm³/mol. The Bertz CT molecular complexity index is 186. The van der Waals surface area contributed by atoms with Crippen molar-refractivity contribution in [2.75, 3.05) is 13.2 Å². The first-order valence-electron chi connectivity index (χ1n) is 3.68. The van der Waals surface area contributed by atoms with E-state index in [9.17, 15) is 4.79 Å². The average molecular weight is 156 g/mol. The lowest BCUT2D eigenvalue weighted by Crippen LogP contribution is -2.35. The van der Waals surface area contributed by atoms with E-state index in [4.69, 9.17) is 9.47 Å².